The molecule has 134 valence electrons. The predicted octanol–water partition coefficient (Wildman–Crippen LogP) is 2.74. The van der Waals surface area contributed by atoms with Gasteiger partial charge in [-0.25, -0.2) is 4.68 Å². The second kappa shape index (κ2) is 7.26. The molecule has 25 heavy (non-hydrogen) atoms. The van der Waals surface area contributed by atoms with Crippen LogP contribution in [0.15, 0.2) is 22.5 Å². The average molecular weight is 342 g/mol. The first-order valence-electron chi connectivity index (χ1n) is 8.99. The number of amides is 1. The van der Waals surface area contributed by atoms with Crippen LogP contribution in [0, 0.1) is 18.3 Å². The quantitative estimate of drug-likeness (QED) is 0.713. The summed E-state index contributed by atoms with van der Waals surface area (Å²) in [6.07, 6.45) is 10.6. The van der Waals surface area contributed by atoms with E-state index in [4.69, 9.17) is 6.42 Å². The first-order valence-corrected chi connectivity index (χ1v) is 8.99. The van der Waals surface area contributed by atoms with E-state index in [0.29, 0.717) is 31.3 Å². The van der Waals surface area contributed by atoms with Gasteiger partial charge >= 0.3 is 0 Å². The largest absolute Gasteiger partial charge is 0.367 e. The zero-order chi connectivity index (χ0) is 17.9. The number of hydrogen-bond donors (Lipinski definition) is 2. The van der Waals surface area contributed by atoms with E-state index in [0.717, 1.165) is 25.1 Å². The topological polar surface area (TPSA) is 83.7 Å². The molecule has 0 saturated carbocycles. The monoisotopic (exact) mass is 342 g/mol. The summed E-state index contributed by atoms with van der Waals surface area (Å²) in [5, 5.41) is 19.0. The predicted molar refractivity (Wildman–Crippen MR) is 96.0 cm³/mol. The molecule has 3 unspecified atom stereocenters. The third-order valence-corrected chi connectivity index (χ3v) is 5.30. The van der Waals surface area contributed by atoms with Crippen molar-refractivity contribution >= 4 is 11.7 Å². The second-order valence-electron chi connectivity index (χ2n) is 7.02. The van der Waals surface area contributed by atoms with Crippen molar-refractivity contribution in [1.29, 1.82) is 0 Å². The highest BCUT2D eigenvalue weighted by Crippen LogP contribution is 2.36. The summed E-state index contributed by atoms with van der Waals surface area (Å²) < 4.78 is 2.01. The highest BCUT2D eigenvalue weighted by atomic mass is 16.1. The van der Waals surface area contributed by atoms with Gasteiger partial charge in [0.05, 0.1) is 12.2 Å². The van der Waals surface area contributed by atoms with Gasteiger partial charge in [0.25, 0.3) is 0 Å². The molecule has 0 aliphatic carbocycles. The Morgan fingerprint density at radius 1 is 1.44 bits per heavy atom. The molecule has 0 spiro atoms. The van der Waals surface area contributed by atoms with Crippen LogP contribution in [-0.4, -0.2) is 33.9 Å². The lowest BCUT2D eigenvalue weighted by Crippen LogP contribution is -2.39. The molecular formula is C18H26N6O. The van der Waals surface area contributed by atoms with Crippen LogP contribution in [0.25, 0.3) is 0 Å². The minimum Gasteiger partial charge on any atom is -0.367 e. The number of terminal acetylenes is 1. The normalized spacial score (nSPS) is 25.6. The van der Waals surface area contributed by atoms with Crippen LogP contribution >= 0.6 is 0 Å². The Morgan fingerprint density at radius 3 is 2.96 bits per heavy atom. The standard InChI is InChI=1S/C18H26N6O/c1-4-5-9-18(22-23-18)10-12-19-17(25)7-6-15-13(2)21-16-8-11-20-24(16)14(15)3/h1,8,11,13-15,21H,5-7,9-10,12H2,2-3H3,(H,19,25). The molecular weight excluding hydrogens is 316 g/mol. The average Bonchev–Trinajstić information content (AvgIpc) is 3.19. The van der Waals surface area contributed by atoms with Gasteiger partial charge < -0.3 is 10.6 Å². The molecule has 2 aliphatic heterocycles. The number of hydrogen-bond acceptors (Lipinski definition) is 5. The third kappa shape index (κ3) is 4.01. The van der Waals surface area contributed by atoms with Crippen molar-refractivity contribution in [3.05, 3.63) is 12.3 Å². The molecule has 7 heteroatoms. The molecule has 0 fully saturated rings. The Morgan fingerprint density at radius 2 is 2.24 bits per heavy atom. The van der Waals surface area contributed by atoms with E-state index in [-0.39, 0.29) is 17.6 Å². The van der Waals surface area contributed by atoms with Crippen molar-refractivity contribution < 1.29 is 4.79 Å². The maximum Gasteiger partial charge on any atom is 0.220 e. The van der Waals surface area contributed by atoms with E-state index in [1.807, 2.05) is 16.9 Å². The van der Waals surface area contributed by atoms with Crippen molar-refractivity contribution in [1.82, 2.24) is 15.1 Å². The first-order chi connectivity index (χ1) is 12.0. The molecule has 2 aliphatic rings. The number of anilines is 1. The lowest BCUT2D eigenvalue weighted by Gasteiger charge is -2.36. The van der Waals surface area contributed by atoms with Gasteiger partial charge in [0.15, 0.2) is 5.66 Å². The van der Waals surface area contributed by atoms with Crippen molar-refractivity contribution in [3.8, 4) is 12.3 Å². The Bertz CT molecular complexity index is 682. The zero-order valence-corrected chi connectivity index (χ0v) is 14.9. The van der Waals surface area contributed by atoms with Crippen molar-refractivity contribution in [2.75, 3.05) is 11.9 Å². The van der Waals surface area contributed by atoms with Gasteiger partial charge in [-0.2, -0.15) is 15.3 Å². The van der Waals surface area contributed by atoms with Gasteiger partial charge in [-0.1, -0.05) is 0 Å². The number of nitrogens with zero attached hydrogens (tertiary/aromatic N) is 4. The summed E-state index contributed by atoms with van der Waals surface area (Å²) >= 11 is 0. The summed E-state index contributed by atoms with van der Waals surface area (Å²) in [4.78, 5) is 12.2. The van der Waals surface area contributed by atoms with Gasteiger partial charge in [-0.15, -0.1) is 12.3 Å². The summed E-state index contributed by atoms with van der Waals surface area (Å²) in [5.41, 5.74) is -0.327. The van der Waals surface area contributed by atoms with Gasteiger partial charge in [0.1, 0.15) is 5.82 Å². The second-order valence-corrected chi connectivity index (χ2v) is 7.02. The van der Waals surface area contributed by atoms with Crippen LogP contribution in [0.5, 0.6) is 0 Å². The fourth-order valence-electron chi connectivity index (χ4n) is 3.64. The lowest BCUT2D eigenvalue weighted by atomic mass is 9.87. The Hall–Kier alpha value is -2.36. The van der Waals surface area contributed by atoms with Crippen LogP contribution in [0.1, 0.15) is 52.0 Å². The Balaban J connectivity index is 1.40. The number of carbonyl (C=O) groups is 1. The first kappa shape index (κ1) is 17.5. The lowest BCUT2D eigenvalue weighted by molar-refractivity contribution is -0.121. The molecule has 0 radical (unpaired) electrons. The molecule has 1 aromatic heterocycles. The minimum absolute atomic E-state index is 0.0819. The van der Waals surface area contributed by atoms with Crippen LogP contribution in [0.2, 0.25) is 0 Å². The number of aromatic nitrogens is 2. The molecule has 2 N–H and O–H groups in total. The van der Waals surface area contributed by atoms with Crippen LogP contribution in [-0.2, 0) is 4.79 Å². The highest BCUT2D eigenvalue weighted by molar-refractivity contribution is 5.75. The molecule has 3 rings (SSSR count). The molecule has 3 heterocycles. The van der Waals surface area contributed by atoms with E-state index < -0.39 is 0 Å². The number of carbonyl (C=O) groups excluding carboxylic acids is 1. The summed E-state index contributed by atoms with van der Waals surface area (Å²) in [7, 11) is 0. The van der Waals surface area contributed by atoms with Crippen LogP contribution in [0.4, 0.5) is 5.82 Å². The third-order valence-electron chi connectivity index (χ3n) is 5.30. The molecule has 7 nitrogen and oxygen atoms in total. The maximum atomic E-state index is 12.2. The van der Waals surface area contributed by atoms with Crippen LogP contribution < -0.4 is 10.6 Å². The summed E-state index contributed by atoms with van der Waals surface area (Å²) in [6, 6.07) is 2.59. The number of nitrogens with one attached hydrogen (secondary N) is 2. The molecule has 1 aromatic rings. The van der Waals surface area contributed by atoms with Crippen molar-refractivity contribution in [2.24, 2.45) is 16.1 Å². The Labute approximate surface area is 148 Å². The highest BCUT2D eigenvalue weighted by Gasteiger charge is 2.38. The van der Waals surface area contributed by atoms with Gasteiger partial charge in [-0.05, 0) is 20.3 Å². The SMILES string of the molecule is C#CCCC1(CCNC(=O)CCC2C(C)Nc3ccnn3C2C)N=N1. The van der Waals surface area contributed by atoms with Crippen molar-refractivity contribution in [3.63, 3.8) is 0 Å². The maximum absolute atomic E-state index is 12.2. The zero-order valence-electron chi connectivity index (χ0n) is 14.9. The Kier molecular flexibility index (Phi) is 5.07. The smallest absolute Gasteiger partial charge is 0.220 e. The van der Waals surface area contributed by atoms with E-state index in [2.05, 4.69) is 45.7 Å². The van der Waals surface area contributed by atoms with Gasteiger partial charge in [-0.3, -0.25) is 4.79 Å². The number of rotatable bonds is 8. The minimum atomic E-state index is -0.327. The fraction of sp³-hybridized carbons (Fsp3) is 0.667. The van der Waals surface area contributed by atoms with E-state index in [9.17, 15) is 4.79 Å². The molecule has 1 amide bonds. The fourth-order valence-corrected chi connectivity index (χ4v) is 3.64. The molecule has 0 aromatic carbocycles. The molecule has 0 saturated heterocycles. The summed E-state index contributed by atoms with van der Waals surface area (Å²) in [6.45, 7) is 4.93. The van der Waals surface area contributed by atoms with E-state index in [1.165, 1.54) is 0 Å². The van der Waals surface area contributed by atoms with E-state index >= 15 is 0 Å². The molecule has 3 atom stereocenters. The van der Waals surface area contributed by atoms with E-state index in [1.54, 1.807) is 0 Å². The van der Waals surface area contributed by atoms with Crippen molar-refractivity contribution in [2.45, 2.75) is 63.7 Å². The molecule has 0 bridgehead atoms. The summed E-state index contributed by atoms with van der Waals surface area (Å²) in [5.74, 6) is 4.11. The van der Waals surface area contributed by atoms with Gasteiger partial charge in [0.2, 0.25) is 5.91 Å². The van der Waals surface area contributed by atoms with Gasteiger partial charge in [0, 0.05) is 50.3 Å². The number of fused-ring (bicyclic) bond motifs is 1. The van der Waals surface area contributed by atoms with Crippen LogP contribution in [0.3, 0.4) is 0 Å².